The third-order valence-corrected chi connectivity index (χ3v) is 9.85. The van der Waals surface area contributed by atoms with Crippen LogP contribution < -0.4 is 14.6 Å². The van der Waals surface area contributed by atoms with E-state index in [2.05, 4.69) is 22.4 Å². The molecule has 2 aromatic rings. The normalized spacial score (nSPS) is 29.8. The molecular weight excluding hydrogens is 512 g/mol. The molecule has 1 aromatic carbocycles. The predicted octanol–water partition coefficient (Wildman–Crippen LogP) is 4.54. The first kappa shape index (κ1) is 26.1. The Bertz CT molecular complexity index is 1320. The standard InChI is InChI=1S/C26H34N4O5S2/c1-15-14-28-25(36-15)29-23(31)9-5-17-13-22(30-34-3)26(2)11-10-20-19-8-6-18(35-37(27,32)33)12-16(19)4-7-21(20)24(17)26/h6,8,12,14,17,20-21,24H,4-5,7,9-11,13H2,1-3H3,(H2,27,32,33)(H,28,29,31). The van der Waals surface area contributed by atoms with Gasteiger partial charge in [-0.1, -0.05) is 18.1 Å². The number of nitrogens with one attached hydrogen (secondary N) is 1. The molecule has 3 aliphatic carbocycles. The van der Waals surface area contributed by atoms with Crippen molar-refractivity contribution in [1.29, 1.82) is 0 Å². The SMILES string of the molecule is CON=C1CC(CCC(=O)Nc2ncc(C)s2)C2C3CCc4cc(OS(N)(=O)=O)ccc4C3CCC12C. The zero-order valence-electron chi connectivity index (χ0n) is 21.4. The van der Waals surface area contributed by atoms with E-state index < -0.39 is 10.3 Å². The maximum atomic E-state index is 12.7. The number of carbonyl (C=O) groups excluding carboxylic acids is 1. The van der Waals surface area contributed by atoms with Crippen molar-refractivity contribution >= 4 is 38.4 Å². The molecule has 1 amide bonds. The predicted molar refractivity (Wildman–Crippen MR) is 143 cm³/mol. The molecule has 0 aliphatic heterocycles. The van der Waals surface area contributed by atoms with E-state index in [4.69, 9.17) is 14.2 Å². The lowest BCUT2D eigenvalue weighted by Gasteiger charge is -2.50. The van der Waals surface area contributed by atoms with Crippen LogP contribution in [0, 0.1) is 30.1 Å². The van der Waals surface area contributed by atoms with Crippen LogP contribution in [0.3, 0.4) is 0 Å². The van der Waals surface area contributed by atoms with Crippen LogP contribution in [0.15, 0.2) is 29.6 Å². The van der Waals surface area contributed by atoms with E-state index in [9.17, 15) is 13.2 Å². The van der Waals surface area contributed by atoms with Crippen molar-refractivity contribution in [3.63, 3.8) is 0 Å². The second-order valence-corrected chi connectivity index (χ2v) is 13.2. The number of rotatable bonds is 7. The molecule has 37 heavy (non-hydrogen) atoms. The Morgan fingerprint density at radius 3 is 2.86 bits per heavy atom. The Morgan fingerprint density at radius 2 is 2.16 bits per heavy atom. The van der Waals surface area contributed by atoms with Gasteiger partial charge in [0.25, 0.3) is 0 Å². The Hall–Kier alpha value is -2.50. The minimum absolute atomic E-state index is 0.00285. The van der Waals surface area contributed by atoms with Gasteiger partial charge >= 0.3 is 10.3 Å². The number of anilines is 1. The molecule has 0 saturated heterocycles. The summed E-state index contributed by atoms with van der Waals surface area (Å²) in [6, 6.07) is 5.53. The minimum atomic E-state index is -4.06. The summed E-state index contributed by atoms with van der Waals surface area (Å²) < 4.78 is 27.7. The minimum Gasteiger partial charge on any atom is -0.399 e. The van der Waals surface area contributed by atoms with Crippen LogP contribution in [0.1, 0.15) is 67.4 Å². The molecule has 3 N–H and O–H groups in total. The summed E-state index contributed by atoms with van der Waals surface area (Å²) in [6.07, 6.45) is 7.71. The van der Waals surface area contributed by atoms with Gasteiger partial charge < -0.3 is 14.3 Å². The molecule has 0 radical (unpaired) electrons. The summed E-state index contributed by atoms with van der Waals surface area (Å²) in [6.45, 7) is 4.29. The first-order valence-electron chi connectivity index (χ1n) is 12.7. The number of thiazole rings is 1. The van der Waals surface area contributed by atoms with Gasteiger partial charge in [0.1, 0.15) is 12.9 Å². The number of aryl methyl sites for hydroxylation is 2. The number of aromatic nitrogens is 1. The first-order chi connectivity index (χ1) is 17.6. The van der Waals surface area contributed by atoms with Crippen molar-refractivity contribution in [3.05, 3.63) is 40.4 Å². The molecule has 200 valence electrons. The Labute approximate surface area is 222 Å². The van der Waals surface area contributed by atoms with E-state index in [-0.39, 0.29) is 17.1 Å². The van der Waals surface area contributed by atoms with E-state index >= 15 is 0 Å². The second-order valence-electron chi connectivity index (χ2n) is 10.8. The molecule has 0 spiro atoms. The van der Waals surface area contributed by atoms with Gasteiger partial charge in [0.2, 0.25) is 5.91 Å². The number of fused-ring (bicyclic) bond motifs is 5. The van der Waals surface area contributed by atoms with Gasteiger partial charge in [-0.3, -0.25) is 4.79 Å². The average Bonchev–Trinajstić information content (AvgIpc) is 3.36. The lowest BCUT2D eigenvalue weighted by atomic mass is 9.54. The summed E-state index contributed by atoms with van der Waals surface area (Å²) in [7, 11) is -2.46. The van der Waals surface area contributed by atoms with Crippen LogP contribution in [-0.4, -0.2) is 32.1 Å². The van der Waals surface area contributed by atoms with Crippen LogP contribution in [-0.2, 0) is 26.4 Å². The number of hydrogen-bond donors (Lipinski definition) is 2. The summed E-state index contributed by atoms with van der Waals surface area (Å²) in [5.74, 6) is 1.81. The van der Waals surface area contributed by atoms with Crippen LogP contribution in [0.4, 0.5) is 5.13 Å². The fourth-order valence-corrected chi connectivity index (χ4v) is 8.31. The topological polar surface area (TPSA) is 133 Å². The maximum Gasteiger partial charge on any atom is 0.380 e. The lowest BCUT2D eigenvalue weighted by molar-refractivity contribution is -0.116. The number of nitrogens with two attached hydrogens (primary N) is 1. The van der Waals surface area contributed by atoms with Gasteiger partial charge in [0.05, 0.1) is 5.71 Å². The van der Waals surface area contributed by atoms with Crippen LogP contribution in [0.2, 0.25) is 0 Å². The number of oxime groups is 1. The zero-order chi connectivity index (χ0) is 26.4. The van der Waals surface area contributed by atoms with E-state index in [1.54, 1.807) is 19.4 Å². The largest absolute Gasteiger partial charge is 0.399 e. The van der Waals surface area contributed by atoms with Gasteiger partial charge in [0.15, 0.2) is 5.13 Å². The van der Waals surface area contributed by atoms with Crippen molar-refractivity contribution in [2.45, 2.75) is 64.7 Å². The van der Waals surface area contributed by atoms with Crippen LogP contribution in [0.5, 0.6) is 5.75 Å². The van der Waals surface area contributed by atoms with Crippen molar-refractivity contribution in [2.75, 3.05) is 12.4 Å². The number of amides is 1. The summed E-state index contributed by atoms with van der Waals surface area (Å²) in [4.78, 5) is 23.3. The highest BCUT2D eigenvalue weighted by molar-refractivity contribution is 7.84. The van der Waals surface area contributed by atoms with Crippen molar-refractivity contribution < 1.29 is 22.2 Å². The zero-order valence-corrected chi connectivity index (χ0v) is 23.0. The van der Waals surface area contributed by atoms with Crippen molar-refractivity contribution in [1.82, 2.24) is 4.98 Å². The number of benzene rings is 1. The Morgan fingerprint density at radius 1 is 1.35 bits per heavy atom. The molecule has 11 heteroatoms. The number of hydrogen-bond acceptors (Lipinski definition) is 8. The molecule has 3 aliphatic rings. The molecule has 1 aromatic heterocycles. The van der Waals surface area contributed by atoms with Gasteiger partial charge in [-0.2, -0.15) is 13.6 Å². The quantitative estimate of drug-likeness (QED) is 0.490. The Balaban J connectivity index is 1.37. The summed E-state index contributed by atoms with van der Waals surface area (Å²) >= 11 is 1.48. The molecule has 5 atom stereocenters. The second kappa shape index (κ2) is 9.99. The molecule has 2 fully saturated rings. The van der Waals surface area contributed by atoms with Crippen LogP contribution in [0.25, 0.3) is 0 Å². The fraction of sp³-hybridized carbons (Fsp3) is 0.577. The molecule has 0 bridgehead atoms. The Kier molecular flexibility index (Phi) is 7.06. The van der Waals surface area contributed by atoms with Crippen molar-refractivity contribution in [2.24, 2.45) is 33.5 Å². The fourth-order valence-electron chi connectivity index (χ4n) is 7.25. The monoisotopic (exact) mass is 546 g/mol. The van der Waals surface area contributed by atoms with E-state index in [1.807, 2.05) is 19.1 Å². The molecule has 2 saturated carbocycles. The van der Waals surface area contributed by atoms with Gasteiger partial charge in [-0.05, 0) is 92.4 Å². The molecule has 9 nitrogen and oxygen atoms in total. The smallest absolute Gasteiger partial charge is 0.380 e. The average molecular weight is 547 g/mol. The molecule has 1 heterocycles. The maximum absolute atomic E-state index is 12.7. The third kappa shape index (κ3) is 5.26. The molecule has 5 unspecified atom stereocenters. The van der Waals surface area contributed by atoms with E-state index in [1.165, 1.54) is 16.9 Å². The van der Waals surface area contributed by atoms with Crippen molar-refractivity contribution in [3.8, 4) is 5.75 Å². The highest BCUT2D eigenvalue weighted by Crippen LogP contribution is 2.62. The molecule has 5 rings (SSSR count). The van der Waals surface area contributed by atoms with Gasteiger partial charge in [-0.15, -0.1) is 11.3 Å². The van der Waals surface area contributed by atoms with Gasteiger partial charge in [0, 0.05) is 22.9 Å². The third-order valence-electron chi connectivity index (χ3n) is 8.60. The number of nitrogens with zero attached hydrogens (tertiary/aromatic N) is 2. The first-order valence-corrected chi connectivity index (χ1v) is 15.0. The lowest BCUT2D eigenvalue weighted by Crippen LogP contribution is -2.44. The highest BCUT2D eigenvalue weighted by Gasteiger charge is 2.57. The summed E-state index contributed by atoms with van der Waals surface area (Å²) in [5.41, 5.74) is 3.46. The number of carbonyl (C=O) groups is 1. The molecular formula is C26H34N4O5S2. The summed E-state index contributed by atoms with van der Waals surface area (Å²) in [5, 5.41) is 13.1. The van der Waals surface area contributed by atoms with Gasteiger partial charge in [-0.25, -0.2) is 4.98 Å². The highest BCUT2D eigenvalue weighted by atomic mass is 32.2. The van der Waals surface area contributed by atoms with E-state index in [0.29, 0.717) is 35.2 Å². The van der Waals surface area contributed by atoms with Crippen LogP contribution >= 0.6 is 11.3 Å². The van der Waals surface area contributed by atoms with E-state index in [0.717, 1.165) is 54.7 Å².